The van der Waals surface area contributed by atoms with Crippen molar-refractivity contribution in [2.45, 2.75) is 0 Å². The van der Waals surface area contributed by atoms with Crippen LogP contribution >= 0.6 is 11.6 Å². The van der Waals surface area contributed by atoms with Crippen LogP contribution in [0.2, 0.25) is 5.02 Å². The fourth-order valence-corrected chi connectivity index (χ4v) is 2.78. The third kappa shape index (κ3) is 3.92. The molecule has 0 amide bonds. The van der Waals surface area contributed by atoms with Crippen molar-refractivity contribution in [2.24, 2.45) is 5.10 Å². The molecule has 6 heteroatoms. The Bertz CT molecular complexity index is 711. The highest BCUT2D eigenvalue weighted by Crippen LogP contribution is 2.25. The smallest absolute Gasteiger partial charge is 0.160 e. The van der Waals surface area contributed by atoms with E-state index >= 15 is 0 Å². The van der Waals surface area contributed by atoms with Crippen molar-refractivity contribution in [1.82, 2.24) is 5.01 Å². The first-order chi connectivity index (χ1) is 11.7. The van der Waals surface area contributed by atoms with E-state index in [9.17, 15) is 5.11 Å². The van der Waals surface area contributed by atoms with Crippen LogP contribution in [-0.2, 0) is 0 Å². The lowest BCUT2D eigenvalue weighted by Gasteiger charge is -2.34. The standard InChI is InChI=1S/C18H20ClN3O2/c1-24-18-7-2-14(12-17(18)23)13-20-22-10-8-21(9-11-22)16-5-3-15(19)4-6-16/h2-7,12-13,23H,8-11H2,1H3/b20-13+. The van der Waals surface area contributed by atoms with Gasteiger partial charge in [0.25, 0.3) is 0 Å². The first-order valence-electron chi connectivity index (χ1n) is 7.82. The number of hydrazone groups is 1. The third-order valence-electron chi connectivity index (χ3n) is 4.02. The molecule has 126 valence electrons. The molecule has 24 heavy (non-hydrogen) atoms. The van der Waals surface area contributed by atoms with Crippen LogP contribution in [0.25, 0.3) is 0 Å². The second kappa shape index (κ2) is 7.45. The normalized spacial score (nSPS) is 15.1. The summed E-state index contributed by atoms with van der Waals surface area (Å²) in [5, 5.41) is 17.1. The highest BCUT2D eigenvalue weighted by Gasteiger charge is 2.15. The van der Waals surface area contributed by atoms with Gasteiger partial charge in [-0.25, -0.2) is 0 Å². The molecule has 1 heterocycles. The van der Waals surface area contributed by atoms with Crippen molar-refractivity contribution in [1.29, 1.82) is 0 Å². The molecule has 3 rings (SSSR count). The van der Waals surface area contributed by atoms with E-state index in [1.54, 1.807) is 18.3 Å². The molecular weight excluding hydrogens is 326 g/mol. The van der Waals surface area contributed by atoms with Crippen LogP contribution in [0.5, 0.6) is 11.5 Å². The van der Waals surface area contributed by atoms with Gasteiger partial charge in [0.15, 0.2) is 11.5 Å². The molecule has 0 spiro atoms. The van der Waals surface area contributed by atoms with Crippen molar-refractivity contribution in [3.8, 4) is 11.5 Å². The summed E-state index contributed by atoms with van der Waals surface area (Å²) in [7, 11) is 1.53. The van der Waals surface area contributed by atoms with Gasteiger partial charge in [-0.3, -0.25) is 5.01 Å². The molecular formula is C18H20ClN3O2. The molecule has 1 aliphatic rings. The largest absolute Gasteiger partial charge is 0.504 e. The van der Waals surface area contributed by atoms with Crippen LogP contribution in [0, 0.1) is 0 Å². The summed E-state index contributed by atoms with van der Waals surface area (Å²) < 4.78 is 5.04. The third-order valence-corrected chi connectivity index (χ3v) is 4.27. The maximum Gasteiger partial charge on any atom is 0.160 e. The minimum atomic E-state index is 0.119. The minimum absolute atomic E-state index is 0.119. The number of halogens is 1. The van der Waals surface area contributed by atoms with Crippen LogP contribution in [-0.4, -0.2) is 49.6 Å². The zero-order chi connectivity index (χ0) is 16.9. The summed E-state index contributed by atoms with van der Waals surface area (Å²) in [6.45, 7) is 3.52. The Labute approximate surface area is 146 Å². The van der Waals surface area contributed by atoms with Crippen LogP contribution in [0.4, 0.5) is 5.69 Å². The molecule has 0 radical (unpaired) electrons. The zero-order valence-electron chi connectivity index (χ0n) is 13.5. The fourth-order valence-electron chi connectivity index (χ4n) is 2.66. The summed E-state index contributed by atoms with van der Waals surface area (Å²) >= 11 is 5.93. The number of hydrogen-bond acceptors (Lipinski definition) is 5. The van der Waals surface area contributed by atoms with Gasteiger partial charge >= 0.3 is 0 Å². The van der Waals surface area contributed by atoms with E-state index < -0.39 is 0 Å². The molecule has 0 aliphatic carbocycles. The van der Waals surface area contributed by atoms with Gasteiger partial charge in [-0.2, -0.15) is 5.10 Å². The van der Waals surface area contributed by atoms with Gasteiger partial charge in [-0.1, -0.05) is 11.6 Å². The monoisotopic (exact) mass is 345 g/mol. The first kappa shape index (κ1) is 16.5. The van der Waals surface area contributed by atoms with Gasteiger partial charge in [0, 0.05) is 23.8 Å². The lowest BCUT2D eigenvalue weighted by molar-refractivity contribution is 0.272. The molecule has 0 atom stereocenters. The second-order valence-electron chi connectivity index (χ2n) is 5.59. The Morgan fingerprint density at radius 2 is 1.79 bits per heavy atom. The molecule has 1 N–H and O–H groups in total. The molecule has 0 aromatic heterocycles. The Morgan fingerprint density at radius 3 is 2.42 bits per heavy atom. The SMILES string of the molecule is COc1ccc(/C=N/N2CCN(c3ccc(Cl)cc3)CC2)cc1O. The quantitative estimate of drug-likeness (QED) is 0.864. The Morgan fingerprint density at radius 1 is 1.08 bits per heavy atom. The van der Waals surface area contributed by atoms with E-state index in [1.165, 1.54) is 12.8 Å². The number of phenols is 1. The van der Waals surface area contributed by atoms with Gasteiger partial charge in [-0.15, -0.1) is 0 Å². The Balaban J connectivity index is 1.57. The number of ether oxygens (including phenoxy) is 1. The van der Waals surface area contributed by atoms with Crippen molar-refractivity contribution in [3.05, 3.63) is 53.1 Å². The second-order valence-corrected chi connectivity index (χ2v) is 6.03. The number of anilines is 1. The number of hydrogen-bond donors (Lipinski definition) is 1. The number of benzene rings is 2. The predicted molar refractivity (Wildman–Crippen MR) is 97.5 cm³/mol. The number of piperazine rings is 1. The number of nitrogens with zero attached hydrogens (tertiary/aromatic N) is 3. The summed E-state index contributed by atoms with van der Waals surface area (Å²) in [4.78, 5) is 2.32. The lowest BCUT2D eigenvalue weighted by Crippen LogP contribution is -2.44. The van der Waals surface area contributed by atoms with Gasteiger partial charge in [0.05, 0.1) is 26.4 Å². The molecule has 1 aliphatic heterocycles. The van der Waals surface area contributed by atoms with E-state index in [0.717, 1.165) is 36.8 Å². The fraction of sp³-hybridized carbons (Fsp3) is 0.278. The summed E-state index contributed by atoms with van der Waals surface area (Å²) in [5.41, 5.74) is 2.02. The van der Waals surface area contributed by atoms with Gasteiger partial charge in [0.1, 0.15) is 0 Å². The zero-order valence-corrected chi connectivity index (χ0v) is 14.3. The number of methoxy groups -OCH3 is 1. The van der Waals surface area contributed by atoms with E-state index in [-0.39, 0.29) is 5.75 Å². The molecule has 2 aromatic carbocycles. The molecule has 1 fully saturated rings. The predicted octanol–water partition coefficient (Wildman–Crippen LogP) is 3.21. The minimum Gasteiger partial charge on any atom is -0.504 e. The molecule has 1 saturated heterocycles. The first-order valence-corrected chi connectivity index (χ1v) is 8.20. The number of aromatic hydroxyl groups is 1. The highest BCUT2D eigenvalue weighted by atomic mass is 35.5. The summed E-state index contributed by atoms with van der Waals surface area (Å²) in [6, 6.07) is 13.2. The van der Waals surface area contributed by atoms with Crippen molar-refractivity contribution in [2.75, 3.05) is 38.2 Å². The van der Waals surface area contributed by atoms with Crippen molar-refractivity contribution in [3.63, 3.8) is 0 Å². The maximum absolute atomic E-state index is 9.79. The molecule has 0 unspecified atom stereocenters. The van der Waals surface area contributed by atoms with E-state index in [4.69, 9.17) is 16.3 Å². The molecule has 0 saturated carbocycles. The van der Waals surface area contributed by atoms with Gasteiger partial charge in [0.2, 0.25) is 0 Å². The average Bonchev–Trinajstić information content (AvgIpc) is 2.61. The van der Waals surface area contributed by atoms with Crippen molar-refractivity contribution < 1.29 is 9.84 Å². The highest BCUT2D eigenvalue weighted by molar-refractivity contribution is 6.30. The van der Waals surface area contributed by atoms with E-state index in [0.29, 0.717) is 5.75 Å². The van der Waals surface area contributed by atoms with Gasteiger partial charge in [-0.05, 0) is 48.0 Å². The average molecular weight is 346 g/mol. The van der Waals surface area contributed by atoms with Crippen LogP contribution < -0.4 is 9.64 Å². The van der Waals surface area contributed by atoms with E-state index in [1.807, 2.05) is 35.3 Å². The van der Waals surface area contributed by atoms with Crippen LogP contribution in [0.15, 0.2) is 47.6 Å². The van der Waals surface area contributed by atoms with Crippen LogP contribution in [0.1, 0.15) is 5.56 Å². The van der Waals surface area contributed by atoms with Crippen LogP contribution in [0.3, 0.4) is 0 Å². The summed E-state index contributed by atoms with van der Waals surface area (Å²) in [6.07, 6.45) is 1.76. The van der Waals surface area contributed by atoms with E-state index in [2.05, 4.69) is 10.0 Å². The molecule has 2 aromatic rings. The Kier molecular flexibility index (Phi) is 5.11. The van der Waals surface area contributed by atoms with Gasteiger partial charge < -0.3 is 14.7 Å². The topological polar surface area (TPSA) is 48.3 Å². The maximum atomic E-state index is 9.79. The molecule has 5 nitrogen and oxygen atoms in total. The number of rotatable bonds is 4. The lowest BCUT2D eigenvalue weighted by atomic mass is 10.2. The summed E-state index contributed by atoms with van der Waals surface area (Å²) in [5.74, 6) is 0.581. The molecule has 0 bridgehead atoms. The number of phenolic OH excluding ortho intramolecular Hbond substituents is 1. The van der Waals surface area contributed by atoms with Crippen molar-refractivity contribution >= 4 is 23.5 Å². The Hall–Kier alpha value is -2.40.